The molecule has 0 fully saturated rings. The number of benzene rings is 1. The molecule has 0 aromatic heterocycles. The van der Waals surface area contributed by atoms with Gasteiger partial charge in [-0.2, -0.15) is 0 Å². The maximum absolute atomic E-state index is 13.3. The summed E-state index contributed by atoms with van der Waals surface area (Å²) in [7, 11) is 3.13. The monoisotopic (exact) mass is 416 g/mol. The largest absolute Gasteiger partial charge is 0.462 e. The Hall–Kier alpha value is -3.33. The van der Waals surface area contributed by atoms with Crippen LogP contribution in [0.2, 0.25) is 0 Å². The van der Waals surface area contributed by atoms with Gasteiger partial charge in [0.25, 0.3) is 0 Å². The Morgan fingerprint density at radius 2 is 1.80 bits per heavy atom. The highest BCUT2D eigenvalue weighted by atomic mass is 16.6. The normalized spacial score (nSPS) is 20.4. The van der Waals surface area contributed by atoms with E-state index in [9.17, 15) is 14.4 Å². The predicted octanol–water partition coefficient (Wildman–Crippen LogP) is 1.13. The van der Waals surface area contributed by atoms with Crippen molar-refractivity contribution in [2.75, 3.05) is 38.9 Å². The highest BCUT2D eigenvalue weighted by Crippen LogP contribution is 2.53. The van der Waals surface area contributed by atoms with Crippen molar-refractivity contribution in [1.29, 1.82) is 0 Å². The summed E-state index contributed by atoms with van der Waals surface area (Å²) in [5, 5.41) is 0. The third kappa shape index (κ3) is 3.02. The number of methoxy groups -OCH3 is 1. The quantitative estimate of drug-likeness (QED) is 0.414. The molecule has 0 saturated heterocycles. The lowest BCUT2D eigenvalue weighted by molar-refractivity contribution is -0.147. The first-order chi connectivity index (χ1) is 14.3. The molecule has 0 amide bonds. The van der Waals surface area contributed by atoms with Crippen LogP contribution in [0, 0.1) is 0 Å². The maximum atomic E-state index is 13.3. The van der Waals surface area contributed by atoms with Crippen molar-refractivity contribution in [3.63, 3.8) is 0 Å². The summed E-state index contributed by atoms with van der Waals surface area (Å²) >= 11 is 0. The van der Waals surface area contributed by atoms with Crippen molar-refractivity contribution in [3.05, 3.63) is 52.6 Å². The topological polar surface area (TPSA) is 117 Å². The second-order valence-corrected chi connectivity index (χ2v) is 6.76. The molecule has 0 aliphatic carbocycles. The molecule has 0 radical (unpaired) electrons. The zero-order valence-electron chi connectivity index (χ0n) is 17.3. The van der Waals surface area contributed by atoms with Crippen molar-refractivity contribution in [2.24, 2.45) is 5.73 Å². The van der Waals surface area contributed by atoms with E-state index in [-0.39, 0.29) is 42.5 Å². The predicted molar refractivity (Wildman–Crippen MR) is 106 cm³/mol. The molecule has 30 heavy (non-hydrogen) atoms. The molecule has 160 valence electrons. The lowest BCUT2D eigenvalue weighted by Crippen LogP contribution is -2.50. The van der Waals surface area contributed by atoms with Crippen LogP contribution in [0.3, 0.4) is 0 Å². The number of carbonyl (C=O) groups is 3. The Labute approximate surface area is 174 Å². The minimum absolute atomic E-state index is 0.0130. The van der Waals surface area contributed by atoms with Crippen LogP contribution in [0.4, 0.5) is 5.69 Å². The third-order valence-corrected chi connectivity index (χ3v) is 5.15. The number of carbonyl (C=O) groups excluding carboxylic acids is 3. The average molecular weight is 416 g/mol. The van der Waals surface area contributed by atoms with E-state index in [1.807, 2.05) is 0 Å². The summed E-state index contributed by atoms with van der Waals surface area (Å²) in [5.41, 5.74) is 5.08. The van der Waals surface area contributed by atoms with Gasteiger partial charge in [0.15, 0.2) is 5.41 Å². The number of esters is 3. The second-order valence-electron chi connectivity index (χ2n) is 6.76. The van der Waals surface area contributed by atoms with E-state index in [2.05, 4.69) is 0 Å². The number of rotatable bonds is 6. The van der Waals surface area contributed by atoms with Gasteiger partial charge < -0.3 is 29.6 Å². The summed E-state index contributed by atoms with van der Waals surface area (Å²) in [4.78, 5) is 41.0. The van der Waals surface area contributed by atoms with Crippen LogP contribution in [0.25, 0.3) is 0 Å². The summed E-state index contributed by atoms with van der Waals surface area (Å²) in [6.45, 7) is 3.30. The van der Waals surface area contributed by atoms with E-state index in [1.165, 1.54) is 14.0 Å². The molecule has 2 aliphatic heterocycles. The summed E-state index contributed by atoms with van der Waals surface area (Å²) < 4.78 is 20.8. The average Bonchev–Trinajstić information content (AvgIpc) is 2.97. The van der Waals surface area contributed by atoms with Gasteiger partial charge in [-0.05, 0) is 19.9 Å². The first-order valence-corrected chi connectivity index (χ1v) is 9.42. The van der Waals surface area contributed by atoms with Gasteiger partial charge in [0.1, 0.15) is 29.3 Å². The molecule has 0 bridgehead atoms. The van der Waals surface area contributed by atoms with Gasteiger partial charge >= 0.3 is 17.9 Å². The molecule has 2 aliphatic rings. The zero-order chi connectivity index (χ0) is 22.1. The fraction of sp³-hybridized carbons (Fsp3) is 0.381. The van der Waals surface area contributed by atoms with Crippen molar-refractivity contribution < 1.29 is 33.3 Å². The Morgan fingerprint density at radius 3 is 2.47 bits per heavy atom. The number of fused-ring (bicyclic) bond motifs is 2. The minimum atomic E-state index is -1.90. The molecule has 2 N–H and O–H groups in total. The van der Waals surface area contributed by atoms with Gasteiger partial charge in [0, 0.05) is 25.4 Å². The van der Waals surface area contributed by atoms with E-state index in [4.69, 9.17) is 24.7 Å². The van der Waals surface area contributed by atoms with E-state index < -0.39 is 23.3 Å². The standard InChI is InChI=1S/C21H24N2O7/c1-5-28-19(25)16-17(22)23(3)14-9-7-6-8-13(14)21(16)15(12(2)30-20(21)26)18(24)29-11-10-27-4/h6-9H,5,10-11,22H2,1-4H3/t21-/m0/s1. The number of anilines is 1. The Bertz CT molecular complexity index is 966. The number of nitrogens with zero attached hydrogens (tertiary/aromatic N) is 1. The number of para-hydroxylation sites is 1. The van der Waals surface area contributed by atoms with E-state index in [1.54, 1.807) is 43.1 Å². The lowest BCUT2D eigenvalue weighted by Gasteiger charge is -2.39. The molecular weight excluding hydrogens is 392 g/mol. The van der Waals surface area contributed by atoms with Crippen LogP contribution in [-0.2, 0) is 38.7 Å². The zero-order valence-corrected chi connectivity index (χ0v) is 17.3. The van der Waals surface area contributed by atoms with E-state index in [0.29, 0.717) is 11.3 Å². The van der Waals surface area contributed by atoms with Crippen LogP contribution in [-0.4, -0.2) is 51.9 Å². The molecule has 1 aromatic carbocycles. The Kier molecular flexibility index (Phi) is 5.84. The molecule has 2 heterocycles. The number of cyclic esters (lactones) is 1. The molecule has 9 heteroatoms. The SMILES string of the molecule is CCOC(=O)C1=C(N)N(C)c2ccccc2[C@@]12C(=O)OC(C)=C2C(=O)OCCOC. The van der Waals surface area contributed by atoms with Crippen molar-refractivity contribution in [2.45, 2.75) is 19.3 Å². The Morgan fingerprint density at radius 1 is 1.13 bits per heavy atom. The van der Waals surface area contributed by atoms with E-state index >= 15 is 0 Å². The van der Waals surface area contributed by atoms with Gasteiger partial charge in [0.05, 0.1) is 13.2 Å². The third-order valence-electron chi connectivity index (χ3n) is 5.15. The number of allylic oxidation sites excluding steroid dienone is 1. The highest BCUT2D eigenvalue weighted by Gasteiger charge is 2.63. The minimum Gasteiger partial charge on any atom is -0.462 e. The summed E-state index contributed by atoms with van der Waals surface area (Å²) in [5.74, 6) is -2.41. The maximum Gasteiger partial charge on any atom is 0.339 e. The van der Waals surface area contributed by atoms with E-state index in [0.717, 1.165) is 0 Å². The molecular formula is C21H24N2O7. The fourth-order valence-electron chi connectivity index (χ4n) is 3.86. The van der Waals surface area contributed by atoms with Crippen LogP contribution in [0.1, 0.15) is 19.4 Å². The van der Waals surface area contributed by atoms with Crippen molar-refractivity contribution in [3.8, 4) is 0 Å². The molecule has 0 unspecified atom stereocenters. The highest BCUT2D eigenvalue weighted by molar-refractivity contribution is 6.16. The number of hydrogen-bond acceptors (Lipinski definition) is 9. The van der Waals surface area contributed by atoms with Gasteiger partial charge in [-0.25, -0.2) is 14.4 Å². The van der Waals surface area contributed by atoms with Gasteiger partial charge in [0.2, 0.25) is 0 Å². The van der Waals surface area contributed by atoms with Crippen LogP contribution in [0.5, 0.6) is 0 Å². The van der Waals surface area contributed by atoms with Crippen molar-refractivity contribution in [1.82, 2.24) is 0 Å². The molecule has 1 atom stereocenters. The molecule has 1 spiro atoms. The number of hydrogen-bond donors (Lipinski definition) is 1. The molecule has 9 nitrogen and oxygen atoms in total. The fourth-order valence-corrected chi connectivity index (χ4v) is 3.86. The van der Waals surface area contributed by atoms with Gasteiger partial charge in [-0.3, -0.25) is 0 Å². The van der Waals surface area contributed by atoms with Crippen LogP contribution in [0.15, 0.2) is 47.0 Å². The van der Waals surface area contributed by atoms with Gasteiger partial charge in [-0.1, -0.05) is 18.2 Å². The smallest absolute Gasteiger partial charge is 0.339 e. The first-order valence-electron chi connectivity index (χ1n) is 9.42. The van der Waals surface area contributed by atoms with Crippen LogP contribution < -0.4 is 10.6 Å². The number of ether oxygens (including phenoxy) is 4. The van der Waals surface area contributed by atoms with Crippen LogP contribution >= 0.6 is 0 Å². The molecule has 0 saturated carbocycles. The summed E-state index contributed by atoms with van der Waals surface area (Å²) in [6.07, 6.45) is 0. The second kappa shape index (κ2) is 8.19. The molecule has 3 rings (SSSR count). The first kappa shape index (κ1) is 21.4. The number of nitrogens with two attached hydrogens (primary N) is 1. The molecule has 1 aromatic rings. The van der Waals surface area contributed by atoms with Crippen molar-refractivity contribution >= 4 is 23.6 Å². The Balaban J connectivity index is 2.31. The summed E-state index contributed by atoms with van der Waals surface area (Å²) in [6, 6.07) is 6.85. The lowest BCUT2D eigenvalue weighted by atomic mass is 9.66. The van der Waals surface area contributed by atoms with Gasteiger partial charge in [-0.15, -0.1) is 0 Å².